The summed E-state index contributed by atoms with van der Waals surface area (Å²) in [4.78, 5) is 42.0. The molecule has 4 rings (SSSR count). The van der Waals surface area contributed by atoms with Crippen LogP contribution in [0, 0.1) is 11.8 Å². The third kappa shape index (κ3) is 5.42. The molecule has 8 nitrogen and oxygen atoms in total. The van der Waals surface area contributed by atoms with Crippen LogP contribution in [0.5, 0.6) is 0 Å². The number of anilines is 3. The molecule has 1 aromatic heterocycles. The molecule has 0 spiro atoms. The van der Waals surface area contributed by atoms with E-state index in [2.05, 4.69) is 15.6 Å². The Morgan fingerprint density at radius 3 is 2.91 bits per heavy atom. The number of aromatic nitrogens is 1. The molecule has 1 aliphatic heterocycles. The lowest BCUT2D eigenvalue weighted by Gasteiger charge is -2.26. The Morgan fingerprint density at radius 2 is 2.16 bits per heavy atom. The van der Waals surface area contributed by atoms with Crippen LogP contribution >= 0.6 is 23.1 Å². The standard InChI is InChI=1S/C22H26N4O4S2/c1-13(20(28)29)12-31-19-10-23-21(32-19)25-22(30)26(11-14-4-2-3-5-14)16-7-6-15-8-18(27)24-17(15)9-16/h6-7,9-10,13-14H,2-5,8,11-12H2,1H3,(H,24,27)(H,28,29)(H,23,25,30). The Hall–Kier alpha value is -2.59. The molecule has 1 aromatic carbocycles. The molecule has 2 heterocycles. The smallest absolute Gasteiger partial charge is 0.328 e. The fourth-order valence-electron chi connectivity index (χ4n) is 3.95. The number of rotatable bonds is 8. The number of thiazole rings is 1. The second-order valence-corrected chi connectivity index (χ2v) is 10.6. The Kier molecular flexibility index (Phi) is 7.00. The van der Waals surface area contributed by atoms with Crippen LogP contribution in [-0.4, -0.2) is 40.3 Å². The number of carboxylic acid groups (broad SMARTS) is 1. The Bertz CT molecular complexity index is 1020. The zero-order valence-corrected chi connectivity index (χ0v) is 19.4. The minimum Gasteiger partial charge on any atom is -0.481 e. The van der Waals surface area contributed by atoms with Gasteiger partial charge in [-0.25, -0.2) is 9.78 Å². The number of hydrogen-bond acceptors (Lipinski definition) is 6. The molecule has 0 bridgehead atoms. The van der Waals surface area contributed by atoms with Crippen LogP contribution < -0.4 is 15.5 Å². The van der Waals surface area contributed by atoms with E-state index in [0.717, 1.165) is 34.0 Å². The van der Waals surface area contributed by atoms with Crippen molar-refractivity contribution in [3.05, 3.63) is 30.0 Å². The van der Waals surface area contributed by atoms with E-state index in [1.807, 2.05) is 18.2 Å². The summed E-state index contributed by atoms with van der Waals surface area (Å²) in [6.45, 7) is 2.28. The van der Waals surface area contributed by atoms with Crippen LogP contribution in [0.15, 0.2) is 28.6 Å². The van der Waals surface area contributed by atoms with Gasteiger partial charge in [0.1, 0.15) is 0 Å². The van der Waals surface area contributed by atoms with Crippen LogP contribution in [0.1, 0.15) is 38.2 Å². The average molecular weight is 475 g/mol. The van der Waals surface area contributed by atoms with Gasteiger partial charge in [0.05, 0.1) is 22.7 Å². The van der Waals surface area contributed by atoms with Crippen molar-refractivity contribution in [1.82, 2.24) is 4.98 Å². The van der Waals surface area contributed by atoms with Gasteiger partial charge in [-0.3, -0.25) is 19.8 Å². The van der Waals surface area contributed by atoms with Gasteiger partial charge in [0.15, 0.2) is 5.13 Å². The predicted molar refractivity (Wildman–Crippen MR) is 127 cm³/mol. The molecule has 2 aromatic rings. The topological polar surface area (TPSA) is 112 Å². The predicted octanol–water partition coefficient (Wildman–Crippen LogP) is 4.68. The number of nitrogens with one attached hydrogen (secondary N) is 2. The number of urea groups is 1. The second-order valence-electron chi connectivity index (χ2n) is 8.29. The van der Waals surface area contributed by atoms with Gasteiger partial charge in [-0.15, -0.1) is 11.8 Å². The van der Waals surface area contributed by atoms with Crippen molar-refractivity contribution >= 4 is 57.5 Å². The van der Waals surface area contributed by atoms with Crippen LogP contribution in [0.25, 0.3) is 0 Å². The maximum absolute atomic E-state index is 13.2. The molecule has 32 heavy (non-hydrogen) atoms. The molecular weight excluding hydrogens is 448 g/mol. The maximum atomic E-state index is 13.2. The lowest BCUT2D eigenvalue weighted by molar-refractivity contribution is -0.140. The van der Waals surface area contributed by atoms with Gasteiger partial charge >= 0.3 is 12.0 Å². The number of hydrogen-bond donors (Lipinski definition) is 3. The molecule has 2 aliphatic rings. The first-order valence-corrected chi connectivity index (χ1v) is 12.5. The van der Waals surface area contributed by atoms with E-state index in [1.54, 1.807) is 18.0 Å². The monoisotopic (exact) mass is 474 g/mol. The second kappa shape index (κ2) is 9.91. The summed E-state index contributed by atoms with van der Waals surface area (Å²) in [6.07, 6.45) is 6.59. The van der Waals surface area contributed by atoms with Crippen molar-refractivity contribution < 1.29 is 19.5 Å². The molecule has 1 saturated carbocycles. The molecule has 0 saturated heterocycles. The Balaban J connectivity index is 1.47. The molecule has 1 atom stereocenters. The normalized spacial score (nSPS) is 16.5. The first kappa shape index (κ1) is 22.6. The number of fused-ring (bicyclic) bond motifs is 1. The van der Waals surface area contributed by atoms with Crippen molar-refractivity contribution in [2.24, 2.45) is 11.8 Å². The highest BCUT2D eigenvalue weighted by Gasteiger charge is 2.26. The van der Waals surface area contributed by atoms with E-state index in [1.165, 1.54) is 35.9 Å². The molecule has 1 unspecified atom stereocenters. The van der Waals surface area contributed by atoms with Gasteiger partial charge < -0.3 is 10.4 Å². The van der Waals surface area contributed by atoms with E-state index in [4.69, 9.17) is 5.11 Å². The van der Waals surface area contributed by atoms with Gasteiger partial charge in [0.2, 0.25) is 5.91 Å². The van der Waals surface area contributed by atoms with Crippen LogP contribution in [-0.2, 0) is 16.0 Å². The van der Waals surface area contributed by atoms with Crippen molar-refractivity contribution in [2.45, 2.75) is 43.2 Å². The van der Waals surface area contributed by atoms with Crippen LogP contribution in [0.2, 0.25) is 0 Å². The number of amides is 3. The van der Waals surface area contributed by atoms with Crippen molar-refractivity contribution in [3.63, 3.8) is 0 Å². The first-order chi connectivity index (χ1) is 15.4. The van der Waals surface area contributed by atoms with Gasteiger partial charge in [0.25, 0.3) is 0 Å². The molecule has 1 aliphatic carbocycles. The van der Waals surface area contributed by atoms with Crippen molar-refractivity contribution in [2.75, 3.05) is 27.8 Å². The summed E-state index contributed by atoms with van der Waals surface area (Å²) in [5.41, 5.74) is 2.45. The van der Waals surface area contributed by atoms with Crippen LogP contribution in [0.3, 0.4) is 0 Å². The fraction of sp³-hybridized carbons (Fsp3) is 0.455. The minimum atomic E-state index is -0.830. The van der Waals surface area contributed by atoms with Gasteiger partial charge in [0, 0.05) is 23.7 Å². The summed E-state index contributed by atoms with van der Waals surface area (Å²) in [7, 11) is 0. The molecular formula is C22H26N4O4S2. The van der Waals surface area contributed by atoms with E-state index in [-0.39, 0.29) is 11.9 Å². The van der Waals surface area contributed by atoms with Crippen molar-refractivity contribution in [3.8, 4) is 0 Å². The summed E-state index contributed by atoms with van der Waals surface area (Å²) < 4.78 is 0.857. The van der Waals surface area contributed by atoms with E-state index in [0.29, 0.717) is 29.8 Å². The number of carboxylic acids is 1. The third-order valence-corrected chi connectivity index (χ3v) is 8.15. The van der Waals surface area contributed by atoms with E-state index < -0.39 is 11.9 Å². The average Bonchev–Trinajstić information content (AvgIpc) is 3.50. The minimum absolute atomic E-state index is 0.0334. The highest BCUT2D eigenvalue weighted by Crippen LogP contribution is 2.33. The van der Waals surface area contributed by atoms with E-state index in [9.17, 15) is 14.4 Å². The SMILES string of the molecule is CC(CSc1cnc(NC(=O)N(CC2CCCC2)c2ccc3c(c2)NC(=O)C3)s1)C(=O)O. The maximum Gasteiger partial charge on any atom is 0.328 e. The zero-order valence-electron chi connectivity index (χ0n) is 17.8. The third-order valence-electron chi connectivity index (χ3n) is 5.79. The number of nitrogens with zero attached hydrogens (tertiary/aromatic N) is 2. The van der Waals surface area contributed by atoms with Gasteiger partial charge in [-0.05, 0) is 36.5 Å². The van der Waals surface area contributed by atoms with Crippen LogP contribution in [0.4, 0.5) is 21.3 Å². The molecule has 10 heteroatoms. The molecule has 3 N–H and O–H groups in total. The molecule has 170 valence electrons. The highest BCUT2D eigenvalue weighted by atomic mass is 32.2. The molecule has 0 radical (unpaired) electrons. The first-order valence-electron chi connectivity index (χ1n) is 10.7. The number of carbonyl (C=O) groups is 3. The summed E-state index contributed by atoms with van der Waals surface area (Å²) in [5.74, 6) is -0.428. The molecule has 3 amide bonds. The number of carbonyl (C=O) groups excluding carboxylic acids is 2. The Morgan fingerprint density at radius 1 is 1.38 bits per heavy atom. The number of thioether (sulfide) groups is 1. The molecule has 1 fully saturated rings. The quantitative estimate of drug-likeness (QED) is 0.479. The zero-order chi connectivity index (χ0) is 22.7. The van der Waals surface area contributed by atoms with Gasteiger partial charge in [-0.2, -0.15) is 0 Å². The van der Waals surface area contributed by atoms with E-state index >= 15 is 0 Å². The number of aliphatic carboxylic acids is 1. The summed E-state index contributed by atoms with van der Waals surface area (Å²) in [5, 5.41) is 15.3. The lowest BCUT2D eigenvalue weighted by atomic mass is 10.1. The lowest BCUT2D eigenvalue weighted by Crippen LogP contribution is -2.38. The van der Waals surface area contributed by atoms with Crippen molar-refractivity contribution in [1.29, 1.82) is 0 Å². The summed E-state index contributed by atoms with van der Waals surface area (Å²) >= 11 is 2.75. The summed E-state index contributed by atoms with van der Waals surface area (Å²) in [6, 6.07) is 5.40. The fourth-order valence-corrected chi connectivity index (χ4v) is 5.85. The number of benzene rings is 1. The highest BCUT2D eigenvalue weighted by molar-refractivity contribution is 8.01. The Labute approximate surface area is 194 Å². The van der Waals surface area contributed by atoms with Gasteiger partial charge in [-0.1, -0.05) is 37.2 Å². The largest absolute Gasteiger partial charge is 0.481 e.